The van der Waals surface area contributed by atoms with E-state index in [1.165, 1.54) is 75.6 Å². The standard InChI is InChI=1S/C29H39N5S/c1-25-30-29(24-35-25)27-10-8-26(9-11-27)12-15-33-18-16-31(17-19-33)13-5-14-32-20-22-34(23-21-32)28-6-3-2-4-7-28/h2-4,6-11,24H,5,12-23H2,1H3. The van der Waals surface area contributed by atoms with Crippen molar-refractivity contribution in [2.24, 2.45) is 0 Å². The maximum absolute atomic E-state index is 4.60. The zero-order valence-corrected chi connectivity index (χ0v) is 21.9. The SMILES string of the molecule is Cc1nc(-c2ccc(CCN3CCN(CCCN4CCN(c5ccccc5)CC4)CC3)cc2)cs1. The lowest BCUT2D eigenvalue weighted by Crippen LogP contribution is -2.49. The molecule has 0 saturated carbocycles. The van der Waals surface area contributed by atoms with E-state index < -0.39 is 0 Å². The number of hydrogen-bond acceptors (Lipinski definition) is 6. The van der Waals surface area contributed by atoms with Crippen LogP contribution in [0.3, 0.4) is 0 Å². The lowest BCUT2D eigenvalue weighted by molar-refractivity contribution is 0.127. The van der Waals surface area contributed by atoms with Gasteiger partial charge in [0.05, 0.1) is 10.7 Å². The Hall–Kier alpha value is -2.25. The lowest BCUT2D eigenvalue weighted by Gasteiger charge is -2.37. The van der Waals surface area contributed by atoms with Crippen molar-refractivity contribution >= 4 is 17.0 Å². The van der Waals surface area contributed by atoms with E-state index in [1.807, 2.05) is 0 Å². The highest BCUT2D eigenvalue weighted by atomic mass is 32.1. The Morgan fingerprint density at radius 2 is 1.31 bits per heavy atom. The maximum Gasteiger partial charge on any atom is 0.0901 e. The van der Waals surface area contributed by atoms with Crippen molar-refractivity contribution in [2.75, 3.05) is 76.9 Å². The van der Waals surface area contributed by atoms with Crippen LogP contribution in [0.15, 0.2) is 60.0 Å². The summed E-state index contributed by atoms with van der Waals surface area (Å²) in [5, 5.41) is 3.28. The van der Waals surface area contributed by atoms with Gasteiger partial charge in [-0.3, -0.25) is 4.90 Å². The number of aryl methyl sites for hydroxylation is 1. The van der Waals surface area contributed by atoms with Crippen LogP contribution in [0.2, 0.25) is 0 Å². The first-order valence-electron chi connectivity index (χ1n) is 13.2. The molecule has 0 N–H and O–H groups in total. The zero-order valence-electron chi connectivity index (χ0n) is 21.1. The van der Waals surface area contributed by atoms with Gasteiger partial charge in [0.1, 0.15) is 0 Å². The summed E-state index contributed by atoms with van der Waals surface area (Å²) in [6.45, 7) is 15.2. The van der Waals surface area contributed by atoms with Crippen molar-refractivity contribution in [3.8, 4) is 11.3 Å². The topological polar surface area (TPSA) is 25.9 Å². The number of benzene rings is 2. The Morgan fingerprint density at radius 3 is 1.91 bits per heavy atom. The van der Waals surface area contributed by atoms with Gasteiger partial charge >= 0.3 is 0 Å². The first kappa shape index (κ1) is 24.4. The molecule has 35 heavy (non-hydrogen) atoms. The molecule has 0 amide bonds. The molecule has 0 bridgehead atoms. The average molecular weight is 490 g/mol. The van der Waals surface area contributed by atoms with Crippen LogP contribution >= 0.6 is 11.3 Å². The van der Waals surface area contributed by atoms with Crippen LogP contribution in [0.4, 0.5) is 5.69 Å². The molecule has 2 aliphatic rings. The third-order valence-corrected chi connectivity index (χ3v) is 8.27. The molecule has 2 fully saturated rings. The Balaban J connectivity index is 0.951. The first-order chi connectivity index (χ1) is 17.2. The molecule has 2 aromatic carbocycles. The van der Waals surface area contributed by atoms with Crippen LogP contribution in [0.25, 0.3) is 11.3 Å². The summed E-state index contributed by atoms with van der Waals surface area (Å²) >= 11 is 1.72. The molecular formula is C29H39N5S. The van der Waals surface area contributed by atoms with Crippen molar-refractivity contribution < 1.29 is 0 Å². The second-order valence-electron chi connectivity index (χ2n) is 9.90. The molecular weight excluding hydrogens is 450 g/mol. The molecule has 0 radical (unpaired) electrons. The molecule has 0 unspecified atom stereocenters. The maximum atomic E-state index is 4.60. The summed E-state index contributed by atoms with van der Waals surface area (Å²) in [6.07, 6.45) is 2.42. The fraction of sp³-hybridized carbons (Fsp3) is 0.483. The highest BCUT2D eigenvalue weighted by Crippen LogP contribution is 2.22. The number of aromatic nitrogens is 1. The minimum absolute atomic E-state index is 1.10. The van der Waals surface area contributed by atoms with Crippen LogP contribution in [0, 0.1) is 6.92 Å². The molecule has 1 aromatic heterocycles. The number of anilines is 1. The van der Waals surface area contributed by atoms with Crippen molar-refractivity contribution in [3.05, 3.63) is 70.5 Å². The van der Waals surface area contributed by atoms with Gasteiger partial charge in [0.25, 0.3) is 0 Å². The average Bonchev–Trinajstić information content (AvgIpc) is 3.36. The zero-order chi connectivity index (χ0) is 23.9. The number of hydrogen-bond donors (Lipinski definition) is 0. The second kappa shape index (κ2) is 12.1. The van der Waals surface area contributed by atoms with Crippen LogP contribution in [0.5, 0.6) is 0 Å². The van der Waals surface area contributed by atoms with Gasteiger partial charge in [0, 0.05) is 75.5 Å². The molecule has 5 rings (SSSR count). The predicted molar refractivity (Wildman–Crippen MR) is 149 cm³/mol. The van der Waals surface area contributed by atoms with E-state index in [2.05, 4.69) is 91.5 Å². The number of rotatable bonds is 9. The van der Waals surface area contributed by atoms with Crippen molar-refractivity contribution in [3.63, 3.8) is 0 Å². The Labute approximate surface area is 215 Å². The van der Waals surface area contributed by atoms with Crippen LogP contribution < -0.4 is 4.90 Å². The fourth-order valence-corrected chi connectivity index (χ4v) is 5.87. The van der Waals surface area contributed by atoms with E-state index in [0.29, 0.717) is 0 Å². The summed E-state index contributed by atoms with van der Waals surface area (Å²) in [7, 11) is 0. The molecule has 2 aliphatic heterocycles. The highest BCUT2D eigenvalue weighted by molar-refractivity contribution is 7.09. The van der Waals surface area contributed by atoms with Gasteiger partial charge in [-0.15, -0.1) is 11.3 Å². The fourth-order valence-electron chi connectivity index (χ4n) is 5.25. The van der Waals surface area contributed by atoms with Gasteiger partial charge in [-0.1, -0.05) is 42.5 Å². The summed E-state index contributed by atoms with van der Waals surface area (Å²) in [5.41, 5.74) is 5.12. The van der Waals surface area contributed by atoms with E-state index in [0.717, 1.165) is 36.8 Å². The summed E-state index contributed by atoms with van der Waals surface area (Å²) in [4.78, 5) is 15.1. The Morgan fingerprint density at radius 1 is 0.714 bits per heavy atom. The van der Waals surface area contributed by atoms with Gasteiger partial charge in [0.2, 0.25) is 0 Å². The quantitative estimate of drug-likeness (QED) is 0.441. The molecule has 186 valence electrons. The van der Waals surface area contributed by atoms with Gasteiger partial charge < -0.3 is 14.7 Å². The van der Waals surface area contributed by atoms with Gasteiger partial charge in [-0.2, -0.15) is 0 Å². The molecule has 3 aromatic rings. The summed E-state index contributed by atoms with van der Waals surface area (Å²) in [5.74, 6) is 0. The Bertz CT molecular complexity index is 1020. The third-order valence-electron chi connectivity index (χ3n) is 7.49. The third kappa shape index (κ3) is 6.91. The minimum atomic E-state index is 1.10. The van der Waals surface area contributed by atoms with Gasteiger partial charge in [0.15, 0.2) is 0 Å². The molecule has 2 saturated heterocycles. The lowest BCUT2D eigenvalue weighted by atomic mass is 10.1. The molecule has 0 atom stereocenters. The van der Waals surface area contributed by atoms with E-state index in [9.17, 15) is 0 Å². The Kier molecular flexibility index (Phi) is 8.47. The van der Waals surface area contributed by atoms with Crippen LogP contribution in [-0.4, -0.2) is 91.7 Å². The van der Waals surface area contributed by atoms with Gasteiger partial charge in [-0.25, -0.2) is 4.98 Å². The number of para-hydroxylation sites is 1. The van der Waals surface area contributed by atoms with E-state index in [1.54, 1.807) is 11.3 Å². The molecule has 3 heterocycles. The minimum Gasteiger partial charge on any atom is -0.369 e. The predicted octanol–water partition coefficient (Wildman–Crippen LogP) is 4.49. The number of nitrogens with zero attached hydrogens (tertiary/aromatic N) is 5. The molecule has 0 spiro atoms. The summed E-state index contributed by atoms with van der Waals surface area (Å²) in [6, 6.07) is 19.9. The smallest absolute Gasteiger partial charge is 0.0901 e. The van der Waals surface area contributed by atoms with Crippen molar-refractivity contribution in [2.45, 2.75) is 19.8 Å². The van der Waals surface area contributed by atoms with E-state index in [4.69, 9.17) is 0 Å². The van der Waals surface area contributed by atoms with Crippen LogP contribution in [0.1, 0.15) is 17.0 Å². The largest absolute Gasteiger partial charge is 0.369 e. The number of piperazine rings is 2. The van der Waals surface area contributed by atoms with Gasteiger partial charge in [-0.05, 0) is 50.6 Å². The summed E-state index contributed by atoms with van der Waals surface area (Å²) < 4.78 is 0. The van der Waals surface area contributed by atoms with E-state index >= 15 is 0 Å². The van der Waals surface area contributed by atoms with E-state index in [-0.39, 0.29) is 0 Å². The monoisotopic (exact) mass is 489 g/mol. The number of thiazole rings is 1. The van der Waals surface area contributed by atoms with Crippen LogP contribution in [-0.2, 0) is 6.42 Å². The molecule has 5 nitrogen and oxygen atoms in total. The highest BCUT2D eigenvalue weighted by Gasteiger charge is 2.19. The normalized spacial score (nSPS) is 18.3. The molecule has 0 aliphatic carbocycles. The van der Waals surface area contributed by atoms with Crippen molar-refractivity contribution in [1.29, 1.82) is 0 Å². The van der Waals surface area contributed by atoms with Crippen molar-refractivity contribution in [1.82, 2.24) is 19.7 Å². The molecule has 6 heteroatoms. The second-order valence-corrected chi connectivity index (χ2v) is 11.0. The first-order valence-corrected chi connectivity index (χ1v) is 14.1.